The van der Waals surface area contributed by atoms with Gasteiger partial charge >= 0.3 is 15.6 Å². The Balaban J connectivity index is 1.58. The molecule has 1 aliphatic carbocycles. The number of ether oxygens (including phenoxy) is 1. The summed E-state index contributed by atoms with van der Waals surface area (Å²) in [7, 11) is -10.5. The Hall–Kier alpha value is -1.71. The Morgan fingerprint density at radius 3 is 2.66 bits per heavy atom. The molecule has 178 valence electrons. The van der Waals surface area contributed by atoms with E-state index in [9.17, 15) is 24.2 Å². The highest BCUT2D eigenvalue weighted by Crippen LogP contribution is 2.58. The highest BCUT2D eigenvalue weighted by molar-refractivity contribution is 7.60. The molecule has 2 aromatic heterocycles. The van der Waals surface area contributed by atoms with Crippen LogP contribution in [0.1, 0.15) is 26.0 Å². The summed E-state index contributed by atoms with van der Waals surface area (Å²) < 4.78 is 37.6. The van der Waals surface area contributed by atoms with Crippen LogP contribution in [0.4, 0.5) is 11.8 Å². The Morgan fingerprint density at radius 1 is 1.34 bits per heavy atom. The Morgan fingerprint density at radius 2 is 2.03 bits per heavy atom. The van der Waals surface area contributed by atoms with Crippen LogP contribution >= 0.6 is 15.6 Å². The van der Waals surface area contributed by atoms with Gasteiger partial charge in [0.25, 0.3) is 0 Å². The maximum absolute atomic E-state index is 11.7. The lowest BCUT2D eigenvalue weighted by atomic mass is 9.96. The van der Waals surface area contributed by atoms with Crippen LogP contribution in [0, 0.1) is 0 Å². The quantitative estimate of drug-likeness (QED) is 0.222. The predicted octanol–water partition coefficient (Wildman–Crippen LogP) is -0.782. The Kier molecular flexibility index (Phi) is 5.83. The van der Waals surface area contributed by atoms with Crippen molar-refractivity contribution in [1.29, 1.82) is 0 Å². The van der Waals surface area contributed by atoms with Gasteiger partial charge in [0.15, 0.2) is 23.2 Å². The van der Waals surface area contributed by atoms with E-state index in [4.69, 9.17) is 20.3 Å². The van der Waals surface area contributed by atoms with Crippen LogP contribution in [0.3, 0.4) is 0 Å². The van der Waals surface area contributed by atoms with Crippen molar-refractivity contribution in [2.45, 2.75) is 49.8 Å². The number of nitrogens with one attached hydrogen (secondary N) is 1. The van der Waals surface area contributed by atoms with Gasteiger partial charge < -0.3 is 40.7 Å². The number of nitrogens with zero attached hydrogens (tertiary/aromatic N) is 4. The van der Waals surface area contributed by atoms with E-state index in [1.807, 2.05) is 0 Å². The molecule has 0 spiro atoms. The minimum Gasteiger partial charge on any atom is -0.387 e. The predicted molar refractivity (Wildman–Crippen MR) is 106 cm³/mol. The number of phosphoric ester groups is 1. The monoisotopic (exact) mass is 496 g/mol. The summed E-state index contributed by atoms with van der Waals surface area (Å²) in [6.07, 6.45) is -1.04. The number of anilines is 2. The smallest absolute Gasteiger partial charge is 0.387 e. The van der Waals surface area contributed by atoms with Crippen molar-refractivity contribution < 1.29 is 47.6 Å². The molecule has 2 fully saturated rings. The topological polar surface area (TPSA) is 245 Å². The lowest BCUT2D eigenvalue weighted by Crippen LogP contribution is -2.44. The van der Waals surface area contributed by atoms with Crippen LogP contribution in [0.15, 0.2) is 6.33 Å². The first-order valence-electron chi connectivity index (χ1n) is 9.33. The lowest BCUT2D eigenvalue weighted by Gasteiger charge is -2.27. The van der Waals surface area contributed by atoms with Crippen LogP contribution in [0.2, 0.25) is 0 Å². The summed E-state index contributed by atoms with van der Waals surface area (Å²) in [5.41, 5.74) is 4.42. The SMILES string of the molecule is C[C@@]1(O)[C@H](O)[C@@H](COP(=O)(O)OP(=O)(O)O)O[C@H]1n1cnc2c(NC3CC3)nc(N)nc21. The third-order valence-corrected chi connectivity index (χ3v) is 7.13. The van der Waals surface area contributed by atoms with E-state index in [1.165, 1.54) is 17.8 Å². The molecule has 1 saturated carbocycles. The van der Waals surface area contributed by atoms with E-state index < -0.39 is 46.3 Å². The van der Waals surface area contributed by atoms with Crippen LogP contribution in [-0.4, -0.2) is 74.9 Å². The van der Waals surface area contributed by atoms with Gasteiger partial charge in [0.05, 0.1) is 12.9 Å². The fourth-order valence-electron chi connectivity index (χ4n) is 3.33. The summed E-state index contributed by atoms with van der Waals surface area (Å²) >= 11 is 0. The zero-order valence-electron chi connectivity index (χ0n) is 16.5. The number of aliphatic hydroxyl groups excluding tert-OH is 1. The highest BCUT2D eigenvalue weighted by Gasteiger charge is 2.54. The molecule has 3 heterocycles. The van der Waals surface area contributed by atoms with Crippen LogP contribution in [0.25, 0.3) is 11.2 Å². The van der Waals surface area contributed by atoms with Gasteiger partial charge in [-0.1, -0.05) is 0 Å². The third kappa shape index (κ3) is 4.79. The molecular formula is C14H22N6O10P2. The van der Waals surface area contributed by atoms with Crippen molar-refractivity contribution in [2.24, 2.45) is 0 Å². The lowest BCUT2D eigenvalue weighted by molar-refractivity contribution is -0.0949. The zero-order chi connectivity index (χ0) is 23.5. The molecule has 2 aliphatic rings. The summed E-state index contributed by atoms with van der Waals surface area (Å²) in [6, 6.07) is 0.247. The largest absolute Gasteiger partial charge is 0.481 e. The van der Waals surface area contributed by atoms with Gasteiger partial charge in [0.1, 0.15) is 17.8 Å². The molecule has 0 bridgehead atoms. The maximum atomic E-state index is 11.7. The number of fused-ring (bicyclic) bond motifs is 1. The number of hydrogen-bond acceptors (Lipinski definition) is 12. The van der Waals surface area contributed by atoms with Gasteiger partial charge in [-0.05, 0) is 19.8 Å². The van der Waals surface area contributed by atoms with E-state index in [0.717, 1.165) is 12.8 Å². The van der Waals surface area contributed by atoms with Gasteiger partial charge in [0, 0.05) is 6.04 Å². The number of imidazole rings is 1. The standard InChI is InChI=1S/C14H22N6O10P2/c1-14(22)9(21)7(4-28-32(26,27)30-31(23,24)25)29-12(14)20-5-16-8-10(17-6-2-3-6)18-13(15)19-11(8)20/h5-7,9,12,21-22H,2-4H2,1H3,(H,26,27)(H2,23,24,25)(H3,15,17,18,19)/t7-,9-,12-,14-/m1/s1. The molecule has 2 aromatic rings. The van der Waals surface area contributed by atoms with E-state index in [2.05, 4.69) is 29.1 Å². The number of rotatable bonds is 8. The van der Waals surface area contributed by atoms with Crippen molar-refractivity contribution in [3.8, 4) is 0 Å². The minimum absolute atomic E-state index is 0.0590. The fourth-order valence-corrected chi connectivity index (χ4v) is 4.93. The molecule has 0 aromatic carbocycles. The number of aromatic nitrogens is 4. The van der Waals surface area contributed by atoms with Crippen molar-refractivity contribution in [1.82, 2.24) is 19.5 Å². The summed E-state index contributed by atoms with van der Waals surface area (Å²) in [4.78, 5) is 39.3. The van der Waals surface area contributed by atoms with E-state index in [-0.39, 0.29) is 17.6 Å². The Bertz CT molecular complexity index is 1120. The van der Waals surface area contributed by atoms with Crippen LogP contribution in [-0.2, 0) is 22.7 Å². The van der Waals surface area contributed by atoms with Gasteiger partial charge in [-0.2, -0.15) is 14.3 Å². The van der Waals surface area contributed by atoms with Crippen LogP contribution < -0.4 is 11.1 Å². The third-order valence-electron chi connectivity index (χ3n) is 4.98. The zero-order valence-corrected chi connectivity index (χ0v) is 18.3. The van der Waals surface area contributed by atoms with E-state index in [1.54, 1.807) is 0 Å². The minimum atomic E-state index is -5.32. The average Bonchev–Trinajstić information content (AvgIpc) is 3.31. The maximum Gasteiger partial charge on any atom is 0.481 e. The number of hydrogen-bond donors (Lipinski definition) is 7. The number of phosphoric acid groups is 2. The number of nitrogens with two attached hydrogens (primary N) is 1. The molecule has 1 aliphatic heterocycles. The molecule has 8 N–H and O–H groups in total. The normalized spacial score (nSPS) is 30.5. The summed E-state index contributed by atoms with van der Waals surface area (Å²) in [5, 5.41) is 24.6. The average molecular weight is 496 g/mol. The first-order chi connectivity index (χ1) is 14.8. The number of nitrogen functional groups attached to an aromatic ring is 1. The highest BCUT2D eigenvalue weighted by atomic mass is 31.3. The molecule has 32 heavy (non-hydrogen) atoms. The molecular weight excluding hydrogens is 474 g/mol. The van der Waals surface area contributed by atoms with E-state index in [0.29, 0.717) is 11.3 Å². The molecule has 1 unspecified atom stereocenters. The fraction of sp³-hybridized carbons (Fsp3) is 0.643. The van der Waals surface area contributed by atoms with Crippen LogP contribution in [0.5, 0.6) is 0 Å². The molecule has 0 amide bonds. The molecule has 1 saturated heterocycles. The van der Waals surface area contributed by atoms with Gasteiger partial charge in [-0.25, -0.2) is 14.1 Å². The first-order valence-corrected chi connectivity index (χ1v) is 12.4. The molecule has 0 radical (unpaired) electrons. The van der Waals surface area contributed by atoms with Gasteiger partial charge in [-0.15, -0.1) is 0 Å². The molecule has 16 nitrogen and oxygen atoms in total. The first kappa shape index (κ1) is 23.4. The summed E-state index contributed by atoms with van der Waals surface area (Å²) in [5.74, 6) is 0.346. The second-order valence-electron chi connectivity index (χ2n) is 7.71. The Labute approximate surface area is 180 Å². The van der Waals surface area contributed by atoms with Gasteiger partial charge in [-0.3, -0.25) is 9.09 Å². The second-order valence-corrected chi connectivity index (χ2v) is 10.5. The van der Waals surface area contributed by atoms with Gasteiger partial charge in [0.2, 0.25) is 5.95 Å². The molecule has 18 heteroatoms. The second kappa shape index (κ2) is 7.95. The van der Waals surface area contributed by atoms with Crippen molar-refractivity contribution in [3.05, 3.63) is 6.33 Å². The van der Waals surface area contributed by atoms with Crippen molar-refractivity contribution in [2.75, 3.05) is 17.7 Å². The molecule has 4 rings (SSSR count). The summed E-state index contributed by atoms with van der Waals surface area (Å²) in [6.45, 7) is 0.423. The number of aliphatic hydroxyl groups is 2. The van der Waals surface area contributed by atoms with E-state index >= 15 is 0 Å². The van der Waals surface area contributed by atoms with Crippen molar-refractivity contribution in [3.63, 3.8) is 0 Å². The van der Waals surface area contributed by atoms with Crippen molar-refractivity contribution >= 4 is 38.6 Å². The molecule has 5 atom stereocenters.